The Morgan fingerprint density at radius 2 is 1.86 bits per heavy atom. The fourth-order valence-electron chi connectivity index (χ4n) is 6.05. The number of aromatic hydroxyl groups is 1. The van der Waals surface area contributed by atoms with Gasteiger partial charge in [-0.3, -0.25) is 19.3 Å². The van der Waals surface area contributed by atoms with E-state index >= 15 is 0 Å². The van der Waals surface area contributed by atoms with Crippen LogP contribution in [-0.4, -0.2) is 73.5 Å². The van der Waals surface area contributed by atoms with E-state index in [0.717, 1.165) is 0 Å². The van der Waals surface area contributed by atoms with Crippen molar-refractivity contribution >= 4 is 23.2 Å². The molecule has 0 spiro atoms. The van der Waals surface area contributed by atoms with Crippen LogP contribution in [0.4, 0.5) is 4.39 Å². The van der Waals surface area contributed by atoms with Crippen LogP contribution in [0.2, 0.25) is 0 Å². The van der Waals surface area contributed by atoms with Gasteiger partial charge in [0, 0.05) is 23.3 Å². The highest BCUT2D eigenvalue weighted by Gasteiger charge is 2.64. The Labute approximate surface area is 210 Å². The zero-order valence-corrected chi connectivity index (χ0v) is 19.9. The van der Waals surface area contributed by atoms with Crippen molar-refractivity contribution in [3.05, 3.63) is 64.4 Å². The number of nitrogens with two attached hydrogens (primary N) is 1. The van der Waals surface area contributed by atoms with Crippen molar-refractivity contribution in [1.82, 2.24) is 9.88 Å². The van der Waals surface area contributed by atoms with E-state index in [0.29, 0.717) is 16.7 Å². The van der Waals surface area contributed by atoms with Crippen LogP contribution in [0.5, 0.6) is 5.75 Å². The van der Waals surface area contributed by atoms with Crippen LogP contribution >= 0.6 is 0 Å². The number of carbonyl (C=O) groups excluding carboxylic acids is 3. The van der Waals surface area contributed by atoms with Gasteiger partial charge < -0.3 is 26.2 Å². The van der Waals surface area contributed by atoms with Crippen molar-refractivity contribution < 1.29 is 39.2 Å². The fourth-order valence-corrected chi connectivity index (χ4v) is 6.05. The summed E-state index contributed by atoms with van der Waals surface area (Å²) >= 11 is 0. The van der Waals surface area contributed by atoms with Gasteiger partial charge in [0.15, 0.2) is 11.4 Å². The first-order valence-electron chi connectivity index (χ1n) is 11.5. The highest BCUT2D eigenvalue weighted by Crippen LogP contribution is 2.53. The average molecular weight is 509 g/mol. The average Bonchev–Trinajstić information content (AvgIpc) is 2.82. The lowest BCUT2D eigenvalue weighted by Gasteiger charge is -2.50. The van der Waals surface area contributed by atoms with Crippen molar-refractivity contribution in [2.45, 2.75) is 24.5 Å². The molecule has 0 bridgehead atoms. The predicted molar refractivity (Wildman–Crippen MR) is 127 cm³/mol. The standard InChI is InChI=1S/C26H24FN3O7/c1-30(2)20-14-8-11-7-13-12(10-3-6-16(27)29-9-10)4-5-15(31)18(13)21(32)17(11)23(34)26(14,37)24(35)19(22(20)33)25(28)36/h3-6,9,11,14,20,31-32,35,37H,7-8H2,1-2H3,(H2,28,36)/t11-,14-,20-,26-/m0/s1. The minimum Gasteiger partial charge on any atom is -0.508 e. The summed E-state index contributed by atoms with van der Waals surface area (Å²) in [5, 5.41) is 44.4. The molecule has 11 heteroatoms. The maximum atomic E-state index is 13.8. The van der Waals surface area contributed by atoms with Crippen LogP contribution < -0.4 is 5.73 Å². The van der Waals surface area contributed by atoms with E-state index in [-0.39, 0.29) is 29.7 Å². The SMILES string of the molecule is CN(C)[C@@H]1C(=O)C(C(N)=O)=C(O)[C@@]2(O)C(=O)C3=C(O)c4c(O)ccc(-c5ccc(F)nc5)c4C[C@H]3C[C@@H]12. The number of hydrogen-bond donors (Lipinski definition) is 5. The van der Waals surface area contributed by atoms with Crippen molar-refractivity contribution in [2.24, 2.45) is 17.6 Å². The second kappa shape index (κ2) is 8.22. The van der Waals surface area contributed by atoms with Crippen LogP contribution in [0.1, 0.15) is 17.5 Å². The van der Waals surface area contributed by atoms with Gasteiger partial charge in [-0.25, -0.2) is 4.98 Å². The Kier molecular flexibility index (Phi) is 5.46. The lowest BCUT2D eigenvalue weighted by molar-refractivity contribution is -0.153. The lowest BCUT2D eigenvalue weighted by Crippen LogP contribution is -2.65. The van der Waals surface area contributed by atoms with E-state index < -0.39 is 64.0 Å². The summed E-state index contributed by atoms with van der Waals surface area (Å²) in [6, 6.07) is 4.39. The Balaban J connectivity index is 1.74. The van der Waals surface area contributed by atoms with E-state index in [2.05, 4.69) is 4.98 Å². The molecule has 4 atom stereocenters. The number of aliphatic hydroxyl groups is 3. The van der Waals surface area contributed by atoms with Gasteiger partial charge in [-0.15, -0.1) is 0 Å². The Bertz CT molecular complexity index is 1450. The summed E-state index contributed by atoms with van der Waals surface area (Å²) in [5.74, 6) is -7.82. The third-order valence-electron chi connectivity index (χ3n) is 7.64. The number of nitrogens with zero attached hydrogens (tertiary/aromatic N) is 2. The molecule has 0 unspecified atom stereocenters. The van der Waals surface area contributed by atoms with Crippen molar-refractivity contribution in [3.8, 4) is 16.9 Å². The van der Waals surface area contributed by atoms with E-state index in [1.54, 1.807) is 6.07 Å². The largest absolute Gasteiger partial charge is 0.508 e. The zero-order valence-electron chi connectivity index (χ0n) is 19.9. The molecule has 6 N–H and O–H groups in total. The van der Waals surface area contributed by atoms with Crippen LogP contribution in [0.15, 0.2) is 47.4 Å². The molecule has 37 heavy (non-hydrogen) atoms. The van der Waals surface area contributed by atoms with Gasteiger partial charge in [-0.05, 0) is 62.2 Å². The number of Topliss-reactive ketones (excluding diaryl/α,β-unsaturated/α-hetero) is 2. The molecule has 1 aromatic heterocycles. The van der Waals surface area contributed by atoms with Gasteiger partial charge >= 0.3 is 0 Å². The highest BCUT2D eigenvalue weighted by atomic mass is 19.1. The Morgan fingerprint density at radius 3 is 2.46 bits per heavy atom. The number of pyridine rings is 1. The van der Waals surface area contributed by atoms with E-state index in [4.69, 9.17) is 5.73 Å². The number of fused-ring (bicyclic) bond motifs is 3. The molecule has 0 saturated heterocycles. The molecule has 1 aromatic carbocycles. The number of aliphatic hydroxyl groups excluding tert-OH is 2. The number of carbonyl (C=O) groups is 3. The van der Waals surface area contributed by atoms with Crippen molar-refractivity contribution in [1.29, 1.82) is 0 Å². The summed E-state index contributed by atoms with van der Waals surface area (Å²) in [5.41, 5.74) is 3.00. The second-order valence-corrected chi connectivity index (χ2v) is 9.82. The molecular weight excluding hydrogens is 485 g/mol. The summed E-state index contributed by atoms with van der Waals surface area (Å²) in [4.78, 5) is 44.1. The van der Waals surface area contributed by atoms with Gasteiger partial charge in [0.25, 0.3) is 5.91 Å². The van der Waals surface area contributed by atoms with Crippen LogP contribution in [-0.2, 0) is 20.8 Å². The third-order valence-corrected chi connectivity index (χ3v) is 7.64. The molecule has 10 nitrogen and oxygen atoms in total. The first-order chi connectivity index (χ1) is 17.4. The summed E-state index contributed by atoms with van der Waals surface area (Å²) in [7, 11) is 3.07. The quantitative estimate of drug-likeness (QED) is 0.300. The predicted octanol–water partition coefficient (Wildman–Crippen LogP) is 1.17. The minimum absolute atomic E-state index is 0.0253. The second-order valence-electron chi connectivity index (χ2n) is 9.82. The summed E-state index contributed by atoms with van der Waals surface area (Å²) < 4.78 is 13.4. The maximum absolute atomic E-state index is 13.8. The molecule has 1 amide bonds. The van der Waals surface area contributed by atoms with Gasteiger partial charge in [-0.2, -0.15) is 4.39 Å². The number of halogens is 1. The molecule has 1 fully saturated rings. The van der Waals surface area contributed by atoms with Crippen molar-refractivity contribution in [2.75, 3.05) is 14.1 Å². The number of rotatable bonds is 3. The minimum atomic E-state index is -2.70. The van der Waals surface area contributed by atoms with E-state index in [1.165, 1.54) is 43.4 Å². The van der Waals surface area contributed by atoms with Gasteiger partial charge in [0.05, 0.1) is 11.6 Å². The molecule has 192 valence electrons. The maximum Gasteiger partial charge on any atom is 0.255 e. The number of phenols is 1. The number of benzene rings is 1. The molecular formula is C26H24FN3O7. The number of amides is 1. The smallest absolute Gasteiger partial charge is 0.255 e. The monoisotopic (exact) mass is 509 g/mol. The van der Waals surface area contributed by atoms with Gasteiger partial charge in [0.2, 0.25) is 11.7 Å². The highest BCUT2D eigenvalue weighted by molar-refractivity contribution is 6.24. The number of aromatic nitrogens is 1. The fraction of sp³-hybridized carbons (Fsp3) is 0.308. The Hall–Kier alpha value is -4.09. The molecule has 0 aliphatic heterocycles. The number of likely N-dealkylation sites (N-methyl/N-ethyl adjacent to an activating group) is 1. The van der Waals surface area contributed by atoms with Crippen LogP contribution in [0.3, 0.4) is 0 Å². The lowest BCUT2D eigenvalue weighted by atomic mass is 9.57. The Morgan fingerprint density at radius 1 is 1.16 bits per heavy atom. The van der Waals surface area contributed by atoms with Crippen molar-refractivity contribution in [3.63, 3.8) is 0 Å². The van der Waals surface area contributed by atoms with E-state index in [9.17, 15) is 39.2 Å². The molecule has 3 aliphatic rings. The number of primary amides is 1. The first kappa shape index (κ1) is 24.6. The molecule has 1 heterocycles. The number of ketones is 2. The number of hydrogen-bond acceptors (Lipinski definition) is 9. The van der Waals surface area contributed by atoms with Crippen LogP contribution in [0.25, 0.3) is 16.9 Å². The first-order valence-corrected chi connectivity index (χ1v) is 11.5. The van der Waals surface area contributed by atoms with Gasteiger partial charge in [-0.1, -0.05) is 6.07 Å². The molecule has 5 rings (SSSR count). The van der Waals surface area contributed by atoms with Crippen LogP contribution in [0, 0.1) is 17.8 Å². The zero-order chi connectivity index (χ0) is 27.0. The molecule has 3 aliphatic carbocycles. The summed E-state index contributed by atoms with van der Waals surface area (Å²) in [6.45, 7) is 0. The normalized spacial score (nSPS) is 27.2. The van der Waals surface area contributed by atoms with E-state index in [1.807, 2.05) is 0 Å². The van der Waals surface area contributed by atoms with Gasteiger partial charge in [0.1, 0.15) is 22.8 Å². The summed E-state index contributed by atoms with van der Waals surface area (Å²) in [6.07, 6.45) is 1.40. The topological polar surface area (TPSA) is 174 Å². The molecule has 1 saturated carbocycles. The molecule has 0 radical (unpaired) electrons. The molecule has 2 aromatic rings. The number of phenolic OH excluding ortho intramolecular Hbond substituents is 1. The third kappa shape index (κ3) is 3.31.